The lowest BCUT2D eigenvalue weighted by Gasteiger charge is -2.34. The first kappa shape index (κ1) is 19.3. The summed E-state index contributed by atoms with van der Waals surface area (Å²) in [4.78, 5) is 33.0. The second-order valence-corrected chi connectivity index (χ2v) is 8.38. The molecule has 0 bridgehead atoms. The minimum absolute atomic E-state index is 0.0405. The number of hydrogen-bond acceptors (Lipinski definition) is 6. The van der Waals surface area contributed by atoms with Crippen LogP contribution in [0.25, 0.3) is 0 Å². The largest absolute Gasteiger partial charge is 0.352 e. The molecule has 26 heavy (non-hydrogen) atoms. The number of thiazole rings is 1. The first-order valence-electron chi connectivity index (χ1n) is 9.50. The molecule has 7 nitrogen and oxygen atoms in total. The Labute approximate surface area is 158 Å². The number of nitrogens with two attached hydrogens (primary N) is 1. The maximum Gasteiger partial charge on any atom is 0.273 e. The summed E-state index contributed by atoms with van der Waals surface area (Å²) in [6.07, 6.45) is 4.66. The number of carbonyl (C=O) groups excluding carboxylic acids is 2. The van der Waals surface area contributed by atoms with Gasteiger partial charge in [-0.05, 0) is 18.8 Å². The molecular formula is C18H29N5O2S. The van der Waals surface area contributed by atoms with Crippen LogP contribution in [0.5, 0.6) is 0 Å². The molecule has 8 heteroatoms. The molecule has 1 aromatic heterocycles. The van der Waals surface area contributed by atoms with E-state index in [1.54, 1.807) is 5.38 Å². The summed E-state index contributed by atoms with van der Waals surface area (Å²) in [6, 6.07) is 0.329. The topological polar surface area (TPSA) is 91.6 Å². The lowest BCUT2D eigenvalue weighted by Crippen LogP contribution is -2.52. The van der Waals surface area contributed by atoms with Crippen LogP contribution in [0.1, 0.15) is 48.1 Å². The van der Waals surface area contributed by atoms with Crippen molar-refractivity contribution in [1.82, 2.24) is 20.1 Å². The van der Waals surface area contributed by atoms with Gasteiger partial charge in [-0.15, -0.1) is 11.3 Å². The van der Waals surface area contributed by atoms with E-state index in [2.05, 4.69) is 22.1 Å². The molecule has 1 aliphatic heterocycles. The summed E-state index contributed by atoms with van der Waals surface area (Å²) < 4.78 is 0. The molecule has 2 atom stereocenters. The summed E-state index contributed by atoms with van der Waals surface area (Å²) in [5.74, 6) is 0.770. The number of amides is 2. The van der Waals surface area contributed by atoms with Gasteiger partial charge in [-0.3, -0.25) is 14.5 Å². The third kappa shape index (κ3) is 5.02. The Hall–Kier alpha value is -1.51. The van der Waals surface area contributed by atoms with E-state index in [-0.39, 0.29) is 11.8 Å². The fraction of sp³-hybridized carbons (Fsp3) is 0.722. The second-order valence-electron chi connectivity index (χ2n) is 7.44. The Bertz CT molecular complexity index is 627. The Morgan fingerprint density at radius 1 is 1.31 bits per heavy atom. The number of piperazine rings is 1. The fourth-order valence-corrected chi connectivity index (χ4v) is 4.46. The van der Waals surface area contributed by atoms with E-state index < -0.39 is 0 Å². The van der Waals surface area contributed by atoms with Crippen LogP contribution in [0, 0.1) is 5.92 Å². The maximum atomic E-state index is 12.5. The van der Waals surface area contributed by atoms with Crippen LogP contribution in [-0.4, -0.2) is 65.4 Å². The van der Waals surface area contributed by atoms with Crippen molar-refractivity contribution in [3.05, 3.63) is 16.1 Å². The van der Waals surface area contributed by atoms with E-state index in [1.165, 1.54) is 24.2 Å². The van der Waals surface area contributed by atoms with E-state index in [0.29, 0.717) is 56.9 Å². The summed E-state index contributed by atoms with van der Waals surface area (Å²) >= 11 is 1.42. The van der Waals surface area contributed by atoms with Crippen molar-refractivity contribution < 1.29 is 9.59 Å². The van der Waals surface area contributed by atoms with Crippen molar-refractivity contribution >= 4 is 23.2 Å². The van der Waals surface area contributed by atoms with Crippen molar-refractivity contribution in [3.63, 3.8) is 0 Å². The zero-order chi connectivity index (χ0) is 18.5. The van der Waals surface area contributed by atoms with Gasteiger partial charge in [0.15, 0.2) is 0 Å². The van der Waals surface area contributed by atoms with Gasteiger partial charge in [0.05, 0.1) is 6.54 Å². The average Bonchev–Trinajstić information content (AvgIpc) is 3.11. The molecule has 1 saturated heterocycles. The monoisotopic (exact) mass is 379 g/mol. The predicted octanol–water partition coefficient (Wildman–Crippen LogP) is 1.05. The van der Waals surface area contributed by atoms with Gasteiger partial charge in [-0.1, -0.05) is 19.8 Å². The van der Waals surface area contributed by atoms with Crippen LogP contribution in [0.15, 0.2) is 5.38 Å². The summed E-state index contributed by atoms with van der Waals surface area (Å²) in [6.45, 7) is 5.72. The molecule has 2 amide bonds. The van der Waals surface area contributed by atoms with Crippen LogP contribution in [0.2, 0.25) is 0 Å². The van der Waals surface area contributed by atoms with Crippen LogP contribution in [-0.2, 0) is 11.3 Å². The molecule has 1 saturated carbocycles. The van der Waals surface area contributed by atoms with Gasteiger partial charge in [-0.25, -0.2) is 4.98 Å². The van der Waals surface area contributed by atoms with Crippen LogP contribution in [0.3, 0.4) is 0 Å². The van der Waals surface area contributed by atoms with Gasteiger partial charge >= 0.3 is 0 Å². The van der Waals surface area contributed by atoms with Crippen LogP contribution in [0.4, 0.5) is 0 Å². The first-order valence-corrected chi connectivity index (χ1v) is 10.4. The molecule has 3 rings (SSSR count). The zero-order valence-electron chi connectivity index (χ0n) is 15.4. The van der Waals surface area contributed by atoms with Crippen LogP contribution >= 0.6 is 11.3 Å². The number of nitrogens with zero attached hydrogens (tertiary/aromatic N) is 3. The summed E-state index contributed by atoms with van der Waals surface area (Å²) in [7, 11) is 0. The molecule has 144 valence electrons. The number of hydrogen-bond donors (Lipinski definition) is 2. The molecule has 0 aromatic carbocycles. The number of rotatable bonds is 5. The van der Waals surface area contributed by atoms with Gasteiger partial charge in [-0.2, -0.15) is 0 Å². The zero-order valence-corrected chi connectivity index (χ0v) is 16.3. The highest BCUT2D eigenvalue weighted by atomic mass is 32.1. The smallest absolute Gasteiger partial charge is 0.273 e. The number of aromatic nitrogens is 1. The van der Waals surface area contributed by atoms with E-state index >= 15 is 0 Å². The molecule has 0 spiro atoms. The molecule has 2 heterocycles. The molecular weight excluding hydrogens is 350 g/mol. The van der Waals surface area contributed by atoms with Gasteiger partial charge in [0.2, 0.25) is 5.91 Å². The average molecular weight is 380 g/mol. The molecule has 2 unspecified atom stereocenters. The van der Waals surface area contributed by atoms with E-state index in [1.807, 2.05) is 4.90 Å². The van der Waals surface area contributed by atoms with Crippen molar-refractivity contribution in [2.24, 2.45) is 11.7 Å². The third-order valence-electron chi connectivity index (χ3n) is 5.27. The van der Waals surface area contributed by atoms with E-state index in [0.717, 1.165) is 17.8 Å². The summed E-state index contributed by atoms with van der Waals surface area (Å²) in [5.41, 5.74) is 6.04. The van der Waals surface area contributed by atoms with Crippen molar-refractivity contribution in [3.8, 4) is 0 Å². The maximum absolute atomic E-state index is 12.5. The second kappa shape index (κ2) is 8.92. The quantitative estimate of drug-likeness (QED) is 0.798. The van der Waals surface area contributed by atoms with Crippen molar-refractivity contribution in [1.29, 1.82) is 0 Å². The third-order valence-corrected chi connectivity index (χ3v) is 6.14. The minimum Gasteiger partial charge on any atom is -0.352 e. The van der Waals surface area contributed by atoms with E-state index in [9.17, 15) is 9.59 Å². The van der Waals surface area contributed by atoms with Gasteiger partial charge < -0.3 is 16.0 Å². The van der Waals surface area contributed by atoms with Crippen LogP contribution < -0.4 is 11.1 Å². The fourth-order valence-electron chi connectivity index (χ4n) is 3.82. The normalized spacial score (nSPS) is 24.5. The standard InChI is InChI=1S/C18H29N5O2S/c1-13-3-2-4-14(9-13)20-16(24)11-22-5-7-23(8-6-22)18(25)15-12-26-17(10-19)21-15/h12-14H,2-11,19H2,1H3,(H,20,24). The highest BCUT2D eigenvalue weighted by Crippen LogP contribution is 2.23. The Morgan fingerprint density at radius 3 is 2.73 bits per heavy atom. The minimum atomic E-state index is -0.0405. The summed E-state index contributed by atoms with van der Waals surface area (Å²) in [5, 5.41) is 5.74. The SMILES string of the molecule is CC1CCCC(NC(=O)CN2CCN(C(=O)c3csc(CN)n3)CC2)C1. The molecule has 0 radical (unpaired) electrons. The molecule has 2 fully saturated rings. The highest BCUT2D eigenvalue weighted by Gasteiger charge is 2.26. The lowest BCUT2D eigenvalue weighted by atomic mass is 9.87. The van der Waals surface area contributed by atoms with Gasteiger partial charge in [0, 0.05) is 44.1 Å². The molecule has 3 N–H and O–H groups in total. The number of carbonyl (C=O) groups is 2. The molecule has 2 aliphatic rings. The van der Waals surface area contributed by atoms with Crippen molar-refractivity contribution in [2.45, 2.75) is 45.2 Å². The first-order chi connectivity index (χ1) is 12.5. The van der Waals surface area contributed by atoms with Crippen molar-refractivity contribution in [2.75, 3.05) is 32.7 Å². The Morgan fingerprint density at radius 2 is 2.08 bits per heavy atom. The lowest BCUT2D eigenvalue weighted by molar-refractivity contribution is -0.123. The highest BCUT2D eigenvalue weighted by molar-refractivity contribution is 7.09. The van der Waals surface area contributed by atoms with E-state index in [4.69, 9.17) is 5.73 Å². The van der Waals surface area contributed by atoms with Gasteiger partial charge in [0.1, 0.15) is 10.7 Å². The number of nitrogens with one attached hydrogen (secondary N) is 1. The van der Waals surface area contributed by atoms with Gasteiger partial charge in [0.25, 0.3) is 5.91 Å². The molecule has 1 aromatic rings. The predicted molar refractivity (Wildman–Crippen MR) is 102 cm³/mol. The Kier molecular flexibility index (Phi) is 6.61. The Balaban J connectivity index is 1.41. The molecule has 1 aliphatic carbocycles.